The summed E-state index contributed by atoms with van der Waals surface area (Å²) in [6.45, 7) is 0.695. The van der Waals surface area contributed by atoms with Gasteiger partial charge in [-0.1, -0.05) is 24.0 Å². The van der Waals surface area contributed by atoms with Gasteiger partial charge in [0, 0.05) is 18.6 Å². The summed E-state index contributed by atoms with van der Waals surface area (Å²) >= 11 is 0. The third-order valence-corrected chi connectivity index (χ3v) is 2.65. The summed E-state index contributed by atoms with van der Waals surface area (Å²) in [5.41, 5.74) is 7.20. The zero-order valence-electron chi connectivity index (χ0n) is 10.6. The van der Waals surface area contributed by atoms with E-state index < -0.39 is 6.10 Å². The SMILES string of the molecule is NCCC(O)c1cccc(C#CCCCCO)c1. The van der Waals surface area contributed by atoms with Crippen molar-refractivity contribution in [3.8, 4) is 11.8 Å². The van der Waals surface area contributed by atoms with Crippen LogP contribution in [0.25, 0.3) is 0 Å². The van der Waals surface area contributed by atoms with Gasteiger partial charge in [-0.2, -0.15) is 0 Å². The summed E-state index contributed by atoms with van der Waals surface area (Å²) in [5, 5.41) is 18.5. The van der Waals surface area contributed by atoms with Crippen LogP contribution < -0.4 is 5.73 Å². The first-order valence-electron chi connectivity index (χ1n) is 6.35. The van der Waals surface area contributed by atoms with E-state index in [2.05, 4.69) is 11.8 Å². The number of rotatable bonds is 6. The van der Waals surface area contributed by atoms with Crippen LogP contribution in [0.15, 0.2) is 24.3 Å². The van der Waals surface area contributed by atoms with E-state index in [9.17, 15) is 5.11 Å². The summed E-state index contributed by atoms with van der Waals surface area (Å²) in [7, 11) is 0. The molecule has 0 spiro atoms. The first-order valence-corrected chi connectivity index (χ1v) is 6.35. The Morgan fingerprint density at radius 3 is 2.83 bits per heavy atom. The lowest BCUT2D eigenvalue weighted by atomic mass is 10.0. The van der Waals surface area contributed by atoms with Crippen molar-refractivity contribution < 1.29 is 10.2 Å². The number of hydrogen-bond donors (Lipinski definition) is 3. The molecule has 0 bridgehead atoms. The molecule has 1 aromatic carbocycles. The fourth-order valence-corrected chi connectivity index (χ4v) is 1.64. The van der Waals surface area contributed by atoms with Gasteiger partial charge in [-0.3, -0.25) is 0 Å². The van der Waals surface area contributed by atoms with Crippen molar-refractivity contribution in [1.82, 2.24) is 0 Å². The molecule has 0 aliphatic heterocycles. The molecule has 0 amide bonds. The van der Waals surface area contributed by atoms with Gasteiger partial charge in [-0.25, -0.2) is 0 Å². The second-order valence-electron chi connectivity index (χ2n) is 4.20. The number of aliphatic hydroxyl groups is 2. The molecule has 0 aromatic heterocycles. The molecule has 1 atom stereocenters. The Morgan fingerprint density at radius 2 is 2.11 bits per heavy atom. The standard InChI is InChI=1S/C15H21NO2/c16-10-9-15(18)14-8-5-7-13(12-14)6-3-1-2-4-11-17/h5,7-8,12,15,17-18H,1-2,4,9-11,16H2. The molecule has 0 saturated heterocycles. The van der Waals surface area contributed by atoms with Crippen LogP contribution in [-0.4, -0.2) is 23.4 Å². The maximum Gasteiger partial charge on any atom is 0.0802 e. The molecule has 18 heavy (non-hydrogen) atoms. The van der Waals surface area contributed by atoms with Crippen LogP contribution in [0.2, 0.25) is 0 Å². The van der Waals surface area contributed by atoms with Gasteiger partial charge >= 0.3 is 0 Å². The Balaban J connectivity index is 2.58. The molecule has 1 rings (SSSR count). The normalized spacial score (nSPS) is 11.7. The summed E-state index contributed by atoms with van der Waals surface area (Å²) < 4.78 is 0. The first-order chi connectivity index (χ1) is 8.77. The molecule has 0 aliphatic rings. The lowest BCUT2D eigenvalue weighted by Gasteiger charge is -2.09. The molecular weight excluding hydrogens is 226 g/mol. The summed E-state index contributed by atoms with van der Waals surface area (Å²) in [6, 6.07) is 7.61. The predicted octanol–water partition coefficient (Wildman–Crippen LogP) is 1.58. The van der Waals surface area contributed by atoms with Crippen LogP contribution in [0.3, 0.4) is 0 Å². The van der Waals surface area contributed by atoms with Gasteiger partial charge in [0.05, 0.1) is 6.10 Å². The summed E-state index contributed by atoms with van der Waals surface area (Å²) in [5.74, 6) is 6.13. The van der Waals surface area contributed by atoms with E-state index in [1.165, 1.54) is 0 Å². The Kier molecular flexibility index (Phi) is 7.12. The fraction of sp³-hybridized carbons (Fsp3) is 0.467. The van der Waals surface area contributed by atoms with Crippen LogP contribution in [0, 0.1) is 11.8 Å². The van der Waals surface area contributed by atoms with Crippen molar-refractivity contribution in [2.75, 3.05) is 13.2 Å². The largest absolute Gasteiger partial charge is 0.396 e. The average Bonchev–Trinajstić information content (AvgIpc) is 2.39. The first kappa shape index (κ1) is 14.7. The van der Waals surface area contributed by atoms with Gasteiger partial charge in [0.15, 0.2) is 0 Å². The smallest absolute Gasteiger partial charge is 0.0802 e. The maximum absolute atomic E-state index is 9.83. The van der Waals surface area contributed by atoms with Gasteiger partial charge in [0.25, 0.3) is 0 Å². The van der Waals surface area contributed by atoms with E-state index in [0.717, 1.165) is 30.4 Å². The van der Waals surface area contributed by atoms with Crippen molar-refractivity contribution in [2.45, 2.75) is 31.8 Å². The molecule has 4 N–H and O–H groups in total. The molecule has 0 radical (unpaired) electrons. The zero-order chi connectivity index (χ0) is 13.2. The minimum atomic E-state index is -0.508. The Labute approximate surface area is 109 Å². The van der Waals surface area contributed by atoms with Gasteiger partial charge in [0.2, 0.25) is 0 Å². The van der Waals surface area contributed by atoms with E-state index in [1.807, 2.05) is 24.3 Å². The third kappa shape index (κ3) is 5.33. The van der Waals surface area contributed by atoms with Crippen molar-refractivity contribution in [3.63, 3.8) is 0 Å². The van der Waals surface area contributed by atoms with Crippen LogP contribution in [-0.2, 0) is 0 Å². The van der Waals surface area contributed by atoms with Crippen LogP contribution in [0.1, 0.15) is 42.9 Å². The van der Waals surface area contributed by atoms with E-state index in [4.69, 9.17) is 10.8 Å². The molecule has 1 aromatic rings. The highest BCUT2D eigenvalue weighted by Gasteiger charge is 2.05. The Hall–Kier alpha value is -1.34. The zero-order valence-corrected chi connectivity index (χ0v) is 10.6. The summed E-state index contributed by atoms with van der Waals surface area (Å²) in [6.07, 6.45) is 2.55. The Morgan fingerprint density at radius 1 is 1.28 bits per heavy atom. The number of unbranched alkanes of at least 4 members (excludes halogenated alkanes) is 2. The van der Waals surface area contributed by atoms with Crippen molar-refractivity contribution in [2.24, 2.45) is 5.73 Å². The monoisotopic (exact) mass is 247 g/mol. The maximum atomic E-state index is 9.83. The molecule has 0 saturated carbocycles. The Bertz CT molecular complexity index is 406. The third-order valence-electron chi connectivity index (χ3n) is 2.65. The van der Waals surface area contributed by atoms with Crippen molar-refractivity contribution >= 4 is 0 Å². The molecule has 3 heteroatoms. The van der Waals surface area contributed by atoms with Gasteiger partial charge < -0.3 is 15.9 Å². The van der Waals surface area contributed by atoms with E-state index >= 15 is 0 Å². The predicted molar refractivity (Wildman–Crippen MR) is 72.9 cm³/mol. The van der Waals surface area contributed by atoms with E-state index in [-0.39, 0.29) is 6.61 Å². The van der Waals surface area contributed by atoms with Gasteiger partial charge in [-0.05, 0) is 43.5 Å². The highest BCUT2D eigenvalue weighted by molar-refractivity contribution is 5.37. The fourth-order valence-electron chi connectivity index (χ4n) is 1.64. The van der Waals surface area contributed by atoms with E-state index in [1.54, 1.807) is 0 Å². The minimum Gasteiger partial charge on any atom is -0.396 e. The molecular formula is C15H21NO2. The minimum absolute atomic E-state index is 0.225. The molecule has 1 unspecified atom stereocenters. The van der Waals surface area contributed by atoms with Crippen LogP contribution in [0.5, 0.6) is 0 Å². The lowest BCUT2D eigenvalue weighted by Crippen LogP contribution is -2.06. The molecule has 0 fully saturated rings. The number of nitrogens with two attached hydrogens (primary N) is 1. The van der Waals surface area contributed by atoms with Gasteiger partial charge in [-0.15, -0.1) is 0 Å². The highest BCUT2D eigenvalue weighted by atomic mass is 16.3. The molecule has 0 heterocycles. The van der Waals surface area contributed by atoms with Crippen molar-refractivity contribution in [1.29, 1.82) is 0 Å². The molecule has 3 nitrogen and oxygen atoms in total. The second kappa shape index (κ2) is 8.71. The molecule has 98 valence electrons. The van der Waals surface area contributed by atoms with Crippen LogP contribution >= 0.6 is 0 Å². The topological polar surface area (TPSA) is 66.5 Å². The number of hydrogen-bond acceptors (Lipinski definition) is 3. The lowest BCUT2D eigenvalue weighted by molar-refractivity contribution is 0.170. The number of benzene rings is 1. The van der Waals surface area contributed by atoms with E-state index in [0.29, 0.717) is 13.0 Å². The van der Waals surface area contributed by atoms with Crippen molar-refractivity contribution in [3.05, 3.63) is 35.4 Å². The summed E-state index contributed by atoms with van der Waals surface area (Å²) in [4.78, 5) is 0. The average molecular weight is 247 g/mol. The second-order valence-corrected chi connectivity index (χ2v) is 4.20. The van der Waals surface area contributed by atoms with Crippen LogP contribution in [0.4, 0.5) is 0 Å². The quantitative estimate of drug-likeness (QED) is 0.528. The van der Waals surface area contributed by atoms with Gasteiger partial charge in [0.1, 0.15) is 0 Å². The number of aliphatic hydroxyl groups excluding tert-OH is 2. The molecule has 0 aliphatic carbocycles. The highest BCUT2D eigenvalue weighted by Crippen LogP contribution is 2.16.